The van der Waals surface area contributed by atoms with Crippen LogP contribution in [0.15, 0.2) is 0 Å². The molecule has 4 aliphatic carbocycles. The first kappa shape index (κ1) is 50.6. The van der Waals surface area contributed by atoms with Crippen molar-refractivity contribution in [3.63, 3.8) is 0 Å². The van der Waals surface area contributed by atoms with Crippen molar-refractivity contribution in [1.29, 1.82) is 0 Å². The lowest BCUT2D eigenvalue weighted by Gasteiger charge is -2.62. The van der Waals surface area contributed by atoms with E-state index in [1.54, 1.807) is 7.11 Å². The van der Waals surface area contributed by atoms with Crippen molar-refractivity contribution >= 4 is 0 Å². The number of rotatable bonds is 13. The number of hydrogen-bond acceptors (Lipinski definition) is 19. The van der Waals surface area contributed by atoms with Gasteiger partial charge in [0.05, 0.1) is 44.2 Å². The average molecular weight is 935 g/mol. The van der Waals surface area contributed by atoms with E-state index in [0.717, 1.165) is 32.1 Å². The SMILES string of the molecule is COC1(CCC(C)COC2OC(CO)C(O)C(O)C2O)OC2CC3C4CCC5CC(OC6OC(CO)C(O)C(O)C6OC6OC(C)C(O)C(O)C6O)C(O)CC5(C)C4CCC3(C)C2C1C. The van der Waals surface area contributed by atoms with Crippen LogP contribution in [0.25, 0.3) is 0 Å². The first-order chi connectivity index (χ1) is 30.7. The van der Waals surface area contributed by atoms with Crippen molar-refractivity contribution in [1.82, 2.24) is 0 Å². The molecule has 8 rings (SSSR count). The lowest BCUT2D eigenvalue weighted by molar-refractivity contribution is -0.374. The van der Waals surface area contributed by atoms with Crippen LogP contribution in [-0.4, -0.2) is 199 Å². The van der Waals surface area contributed by atoms with E-state index in [1.165, 1.54) is 6.92 Å². The summed E-state index contributed by atoms with van der Waals surface area (Å²) in [7, 11) is 1.72. The minimum Gasteiger partial charge on any atom is -0.394 e. The minimum absolute atomic E-state index is 0.0121. The molecule has 4 aliphatic heterocycles. The molecule has 28 atom stereocenters. The first-order valence-corrected chi connectivity index (χ1v) is 24.2. The van der Waals surface area contributed by atoms with Gasteiger partial charge in [-0.05, 0) is 105 Å². The molecule has 65 heavy (non-hydrogen) atoms. The quantitative estimate of drug-likeness (QED) is 0.0975. The molecule has 4 heterocycles. The van der Waals surface area contributed by atoms with Crippen LogP contribution in [0.5, 0.6) is 0 Å². The van der Waals surface area contributed by atoms with E-state index in [4.69, 9.17) is 37.9 Å². The van der Waals surface area contributed by atoms with Crippen LogP contribution < -0.4 is 0 Å². The number of aliphatic hydroxyl groups is 11. The van der Waals surface area contributed by atoms with E-state index in [0.29, 0.717) is 43.4 Å². The highest BCUT2D eigenvalue weighted by Crippen LogP contribution is 2.71. The van der Waals surface area contributed by atoms with Crippen LogP contribution in [0, 0.1) is 52.3 Å². The van der Waals surface area contributed by atoms with Crippen molar-refractivity contribution in [2.45, 2.75) is 209 Å². The Morgan fingerprint density at radius 3 is 2.00 bits per heavy atom. The Morgan fingerprint density at radius 1 is 0.677 bits per heavy atom. The summed E-state index contributed by atoms with van der Waals surface area (Å²) in [6, 6.07) is 0. The Bertz CT molecular complexity index is 1600. The van der Waals surface area contributed by atoms with Gasteiger partial charge in [0, 0.05) is 19.4 Å². The zero-order valence-corrected chi connectivity index (χ0v) is 38.6. The first-order valence-electron chi connectivity index (χ1n) is 24.2. The highest BCUT2D eigenvalue weighted by atomic mass is 16.8. The Labute approximate surface area is 381 Å². The second-order valence-electron chi connectivity index (χ2n) is 21.8. The summed E-state index contributed by atoms with van der Waals surface area (Å²) in [6.07, 6.45) is -15.4. The number of aliphatic hydroxyl groups excluding tert-OH is 11. The van der Waals surface area contributed by atoms with Crippen LogP contribution in [0.4, 0.5) is 0 Å². The third-order valence-electron chi connectivity index (χ3n) is 18.3. The lowest BCUT2D eigenvalue weighted by atomic mass is 9.44. The van der Waals surface area contributed by atoms with Gasteiger partial charge in [-0.15, -0.1) is 0 Å². The van der Waals surface area contributed by atoms with Gasteiger partial charge < -0.3 is 94.1 Å². The van der Waals surface area contributed by atoms with Gasteiger partial charge in [-0.1, -0.05) is 27.7 Å². The van der Waals surface area contributed by atoms with E-state index in [9.17, 15) is 56.2 Å². The maximum atomic E-state index is 11.9. The Balaban J connectivity index is 0.894. The maximum Gasteiger partial charge on any atom is 0.187 e. The van der Waals surface area contributed by atoms with Crippen molar-refractivity contribution < 1.29 is 94.1 Å². The zero-order chi connectivity index (χ0) is 47.1. The number of methoxy groups -OCH3 is 1. The van der Waals surface area contributed by atoms with Gasteiger partial charge in [0.25, 0.3) is 0 Å². The fourth-order valence-electron chi connectivity index (χ4n) is 14.5. The molecule has 0 aromatic rings. The fourth-order valence-corrected chi connectivity index (χ4v) is 14.5. The van der Waals surface area contributed by atoms with Gasteiger partial charge in [0.2, 0.25) is 0 Å². The van der Waals surface area contributed by atoms with E-state index < -0.39 is 123 Å². The second kappa shape index (κ2) is 19.4. The second-order valence-corrected chi connectivity index (χ2v) is 21.8. The van der Waals surface area contributed by atoms with Crippen molar-refractivity contribution in [3.05, 3.63) is 0 Å². The maximum absolute atomic E-state index is 11.9. The van der Waals surface area contributed by atoms with Crippen molar-refractivity contribution in [3.8, 4) is 0 Å². The van der Waals surface area contributed by atoms with Crippen LogP contribution >= 0.6 is 0 Å². The van der Waals surface area contributed by atoms with Gasteiger partial charge in [0.1, 0.15) is 67.1 Å². The lowest BCUT2D eigenvalue weighted by Crippen LogP contribution is -2.65. The third kappa shape index (κ3) is 8.79. The molecular formula is C46H78O19. The normalized spacial score (nSPS) is 56.1. The fraction of sp³-hybridized carbons (Fsp3) is 1.00. The molecule has 4 saturated heterocycles. The summed E-state index contributed by atoms with van der Waals surface area (Å²) in [5, 5.41) is 116. The van der Waals surface area contributed by atoms with Gasteiger partial charge in [0.15, 0.2) is 24.7 Å². The summed E-state index contributed by atoms with van der Waals surface area (Å²) in [5.74, 6) is 1.07. The number of fused-ring (bicyclic) bond motifs is 7. The number of ether oxygens (including phenoxy) is 8. The van der Waals surface area contributed by atoms with Crippen LogP contribution in [0.3, 0.4) is 0 Å². The van der Waals surface area contributed by atoms with E-state index in [1.807, 2.05) is 6.92 Å². The van der Waals surface area contributed by atoms with E-state index in [-0.39, 0.29) is 47.2 Å². The summed E-state index contributed by atoms with van der Waals surface area (Å²) in [4.78, 5) is 0. The molecule has 19 nitrogen and oxygen atoms in total. The van der Waals surface area contributed by atoms with Gasteiger partial charge in [-0.3, -0.25) is 0 Å². The molecule has 0 bridgehead atoms. The Kier molecular flexibility index (Phi) is 15.1. The molecule has 19 heteroatoms. The average Bonchev–Trinajstić information content (AvgIpc) is 3.74. The van der Waals surface area contributed by atoms with Gasteiger partial charge in [-0.2, -0.15) is 0 Å². The molecule has 11 N–H and O–H groups in total. The summed E-state index contributed by atoms with van der Waals surface area (Å²) in [6.45, 7) is 9.60. The number of hydrogen-bond donors (Lipinski definition) is 11. The van der Waals surface area contributed by atoms with Gasteiger partial charge in [-0.25, -0.2) is 0 Å². The smallest absolute Gasteiger partial charge is 0.187 e. The molecule has 4 saturated carbocycles. The molecule has 0 radical (unpaired) electrons. The highest BCUT2D eigenvalue weighted by Gasteiger charge is 2.69. The Morgan fingerprint density at radius 2 is 1.32 bits per heavy atom. The van der Waals surface area contributed by atoms with Crippen molar-refractivity contribution in [2.75, 3.05) is 26.9 Å². The molecule has 0 aromatic heterocycles. The predicted octanol–water partition coefficient (Wildman–Crippen LogP) is -1.13. The minimum atomic E-state index is -1.69. The zero-order valence-electron chi connectivity index (χ0n) is 38.6. The molecule has 0 spiro atoms. The van der Waals surface area contributed by atoms with Crippen LogP contribution in [-0.2, 0) is 37.9 Å². The van der Waals surface area contributed by atoms with Crippen LogP contribution in [0.2, 0.25) is 0 Å². The van der Waals surface area contributed by atoms with Crippen LogP contribution in [0.1, 0.15) is 92.4 Å². The molecule has 8 aliphatic rings. The molecular weight excluding hydrogens is 856 g/mol. The summed E-state index contributed by atoms with van der Waals surface area (Å²) < 4.78 is 48.7. The monoisotopic (exact) mass is 935 g/mol. The molecule has 8 fully saturated rings. The molecule has 0 aromatic carbocycles. The standard InChI is InChI=1S/C46H78O19/c1-19(18-59-41-38(56)36(54)33(51)29(16-47)62-41)9-12-46(58-6)20(2)31-28(65-46)14-25-23-8-7-22-13-27(26(49)15-45(22,5)24(23)10-11-44(25,31)4)61-43-40(37(55)34(52)30(17-48)63-43)64-42-39(57)35(53)32(50)21(3)60-42/h19-43,47-57H,7-18H2,1-6H3. The summed E-state index contributed by atoms with van der Waals surface area (Å²) in [5.41, 5.74) is -0.160. The molecule has 28 unspecified atom stereocenters. The highest BCUT2D eigenvalue weighted by molar-refractivity contribution is 5.16. The van der Waals surface area contributed by atoms with Crippen molar-refractivity contribution in [2.24, 2.45) is 52.3 Å². The summed E-state index contributed by atoms with van der Waals surface area (Å²) >= 11 is 0. The third-order valence-corrected chi connectivity index (χ3v) is 18.3. The molecule has 0 amide bonds. The predicted molar refractivity (Wildman–Crippen MR) is 224 cm³/mol. The topological polar surface area (TPSA) is 296 Å². The van der Waals surface area contributed by atoms with Gasteiger partial charge >= 0.3 is 0 Å². The van der Waals surface area contributed by atoms with E-state index in [2.05, 4.69) is 20.8 Å². The van der Waals surface area contributed by atoms with E-state index >= 15 is 0 Å². The Hall–Kier alpha value is -0.760. The molecule has 376 valence electrons. The largest absolute Gasteiger partial charge is 0.394 e.